The molecule has 0 aromatic heterocycles. The first kappa shape index (κ1) is 18.0. The fourth-order valence-electron chi connectivity index (χ4n) is 4.28. The van der Waals surface area contributed by atoms with E-state index in [1.165, 1.54) is 4.90 Å². The largest absolute Gasteiger partial charge is 0.445 e. The molecule has 1 saturated heterocycles. The van der Waals surface area contributed by atoms with Crippen LogP contribution in [-0.2, 0) is 20.9 Å². The molecule has 0 unspecified atom stereocenters. The molecule has 0 bridgehead atoms. The highest BCUT2D eigenvalue weighted by Crippen LogP contribution is 2.51. The summed E-state index contributed by atoms with van der Waals surface area (Å²) in [5, 5.41) is 2.85. The molecule has 3 N–H and O–H groups in total. The molecule has 0 saturated carbocycles. The number of benzene rings is 2. The minimum atomic E-state index is -1.26. The van der Waals surface area contributed by atoms with Crippen molar-refractivity contribution >= 4 is 23.6 Å². The molecule has 0 aliphatic carbocycles. The van der Waals surface area contributed by atoms with Crippen LogP contribution in [0.2, 0.25) is 0 Å². The second-order valence-corrected chi connectivity index (χ2v) is 7.33. The monoisotopic (exact) mass is 379 g/mol. The molecule has 7 heteroatoms. The number of nitrogens with two attached hydrogens (primary N) is 1. The van der Waals surface area contributed by atoms with E-state index in [1.807, 2.05) is 48.5 Å². The molecule has 3 amide bonds. The summed E-state index contributed by atoms with van der Waals surface area (Å²) in [5.41, 5.74) is 6.65. The molecule has 28 heavy (non-hydrogen) atoms. The van der Waals surface area contributed by atoms with E-state index < -0.39 is 29.4 Å². The summed E-state index contributed by atoms with van der Waals surface area (Å²) in [4.78, 5) is 39.4. The van der Waals surface area contributed by atoms with Gasteiger partial charge in [-0.05, 0) is 24.1 Å². The summed E-state index contributed by atoms with van der Waals surface area (Å²) >= 11 is 0. The zero-order valence-corrected chi connectivity index (χ0v) is 15.4. The van der Waals surface area contributed by atoms with Gasteiger partial charge in [0.2, 0.25) is 5.91 Å². The minimum absolute atomic E-state index is 0.0336. The Morgan fingerprint density at radius 3 is 2.57 bits per heavy atom. The van der Waals surface area contributed by atoms with Crippen LogP contribution in [-0.4, -0.2) is 34.9 Å². The Labute approximate surface area is 162 Å². The number of nitrogens with zero attached hydrogens (tertiary/aromatic N) is 1. The van der Waals surface area contributed by atoms with Crippen LogP contribution in [0.1, 0.15) is 24.0 Å². The van der Waals surface area contributed by atoms with E-state index in [-0.39, 0.29) is 19.1 Å². The molecule has 3 atom stereocenters. The first-order chi connectivity index (χ1) is 13.4. The van der Waals surface area contributed by atoms with E-state index in [0.717, 1.165) is 11.1 Å². The lowest BCUT2D eigenvalue weighted by molar-refractivity contribution is -0.126. The van der Waals surface area contributed by atoms with Gasteiger partial charge in [-0.15, -0.1) is 0 Å². The molecular weight excluding hydrogens is 358 g/mol. The smallest absolute Gasteiger partial charge is 0.411 e. The first-order valence-corrected chi connectivity index (χ1v) is 9.11. The second-order valence-electron chi connectivity index (χ2n) is 7.33. The van der Waals surface area contributed by atoms with Gasteiger partial charge in [-0.25, -0.2) is 4.79 Å². The molecule has 7 nitrogen and oxygen atoms in total. The third-order valence-electron chi connectivity index (χ3n) is 5.74. The maximum Gasteiger partial charge on any atom is 0.411 e. The Morgan fingerprint density at radius 1 is 1.18 bits per heavy atom. The van der Waals surface area contributed by atoms with Crippen LogP contribution >= 0.6 is 0 Å². The van der Waals surface area contributed by atoms with Crippen LogP contribution in [0.25, 0.3) is 0 Å². The molecule has 144 valence electrons. The van der Waals surface area contributed by atoms with Gasteiger partial charge in [0.05, 0.1) is 5.92 Å². The molecule has 0 radical (unpaired) electrons. The lowest BCUT2D eigenvalue weighted by Crippen LogP contribution is -2.58. The SMILES string of the molecule is C[C@@]12C(=O)Nc3ccccc3[C@@H]1[C@@H](C(N)=O)CN2C(=O)OCc1ccccc1. The Kier molecular flexibility index (Phi) is 4.30. The highest BCUT2D eigenvalue weighted by atomic mass is 16.6. The van der Waals surface area contributed by atoms with Gasteiger partial charge < -0.3 is 15.8 Å². The number of likely N-dealkylation sites (tertiary alicyclic amines) is 1. The van der Waals surface area contributed by atoms with Gasteiger partial charge >= 0.3 is 6.09 Å². The van der Waals surface area contributed by atoms with Crippen LogP contribution in [0.15, 0.2) is 54.6 Å². The number of fused-ring (bicyclic) bond motifs is 3. The predicted octanol–water partition coefficient (Wildman–Crippen LogP) is 2.23. The Balaban J connectivity index is 1.67. The van der Waals surface area contributed by atoms with Crippen molar-refractivity contribution in [2.75, 3.05) is 11.9 Å². The number of rotatable bonds is 3. The number of carbonyl (C=O) groups is 3. The van der Waals surface area contributed by atoms with Crippen LogP contribution in [0.3, 0.4) is 0 Å². The summed E-state index contributed by atoms with van der Waals surface area (Å²) in [6.07, 6.45) is -0.644. The van der Waals surface area contributed by atoms with Crippen molar-refractivity contribution < 1.29 is 19.1 Å². The van der Waals surface area contributed by atoms with Crippen LogP contribution in [0, 0.1) is 5.92 Å². The van der Waals surface area contributed by atoms with Crippen molar-refractivity contribution in [1.82, 2.24) is 4.90 Å². The van der Waals surface area contributed by atoms with E-state index in [2.05, 4.69) is 5.32 Å². The molecule has 2 aromatic rings. The molecule has 2 heterocycles. The summed E-state index contributed by atoms with van der Waals surface area (Å²) in [6.45, 7) is 1.78. The Hall–Kier alpha value is -3.35. The number of hydrogen-bond acceptors (Lipinski definition) is 4. The average Bonchev–Trinajstić information content (AvgIpc) is 3.02. The normalized spacial score (nSPS) is 25.5. The standard InChI is InChI=1S/C21H21N3O4/c1-21-17(14-9-5-6-10-16(14)23-19(21)26)15(18(22)25)11-24(21)20(27)28-12-13-7-3-2-4-8-13/h2-10,15,17H,11-12H2,1H3,(H2,22,25)(H,23,26)/t15-,17+,21-/m0/s1. The van der Waals surface area contributed by atoms with Gasteiger partial charge in [0.25, 0.3) is 5.91 Å². The van der Waals surface area contributed by atoms with E-state index in [9.17, 15) is 14.4 Å². The number of primary amides is 1. The molecule has 2 aromatic carbocycles. The van der Waals surface area contributed by atoms with Gasteiger partial charge in [0, 0.05) is 18.2 Å². The van der Waals surface area contributed by atoms with Gasteiger partial charge in [-0.1, -0.05) is 48.5 Å². The van der Waals surface area contributed by atoms with Crippen LogP contribution < -0.4 is 11.1 Å². The van der Waals surface area contributed by atoms with Crippen LogP contribution in [0.5, 0.6) is 0 Å². The van der Waals surface area contributed by atoms with Gasteiger partial charge in [0.1, 0.15) is 12.1 Å². The van der Waals surface area contributed by atoms with Crippen molar-refractivity contribution in [3.05, 3.63) is 65.7 Å². The number of ether oxygens (including phenoxy) is 1. The van der Waals surface area contributed by atoms with E-state index in [0.29, 0.717) is 5.69 Å². The number of amides is 3. The topological polar surface area (TPSA) is 102 Å². The number of nitrogens with one attached hydrogen (secondary N) is 1. The summed E-state index contributed by atoms with van der Waals surface area (Å²) in [7, 11) is 0. The number of anilines is 1. The van der Waals surface area contributed by atoms with Crippen molar-refractivity contribution in [1.29, 1.82) is 0 Å². The summed E-state index contributed by atoms with van der Waals surface area (Å²) < 4.78 is 5.45. The molecule has 2 aliphatic heterocycles. The van der Waals surface area contributed by atoms with Crippen molar-refractivity contribution in [2.45, 2.75) is 25.0 Å². The Bertz CT molecular complexity index is 946. The number of carbonyl (C=O) groups excluding carboxylic acids is 3. The third kappa shape index (κ3) is 2.70. The van der Waals surface area contributed by atoms with E-state index in [1.54, 1.807) is 13.0 Å². The molecule has 4 rings (SSSR count). The van der Waals surface area contributed by atoms with Crippen molar-refractivity contribution in [3.8, 4) is 0 Å². The van der Waals surface area contributed by atoms with Gasteiger partial charge in [-0.3, -0.25) is 14.5 Å². The fraction of sp³-hybridized carbons (Fsp3) is 0.286. The fourth-order valence-corrected chi connectivity index (χ4v) is 4.28. The average molecular weight is 379 g/mol. The molecule has 2 aliphatic rings. The quantitative estimate of drug-likeness (QED) is 0.854. The zero-order valence-electron chi connectivity index (χ0n) is 15.4. The minimum Gasteiger partial charge on any atom is -0.445 e. The maximum atomic E-state index is 13.0. The molecule has 1 fully saturated rings. The highest BCUT2D eigenvalue weighted by Gasteiger charge is 2.62. The first-order valence-electron chi connectivity index (χ1n) is 9.11. The molecular formula is C21H21N3O4. The van der Waals surface area contributed by atoms with Crippen molar-refractivity contribution in [3.63, 3.8) is 0 Å². The highest BCUT2D eigenvalue weighted by molar-refractivity contribution is 6.05. The van der Waals surface area contributed by atoms with Gasteiger partial charge in [0.15, 0.2) is 0 Å². The number of para-hydroxylation sites is 1. The molecule has 0 spiro atoms. The summed E-state index contributed by atoms with van der Waals surface area (Å²) in [6, 6.07) is 16.5. The summed E-state index contributed by atoms with van der Waals surface area (Å²) in [5.74, 6) is -2.10. The lowest BCUT2D eigenvalue weighted by atomic mass is 9.72. The van der Waals surface area contributed by atoms with E-state index in [4.69, 9.17) is 10.5 Å². The lowest BCUT2D eigenvalue weighted by Gasteiger charge is -2.41. The number of hydrogen-bond donors (Lipinski definition) is 2. The predicted molar refractivity (Wildman–Crippen MR) is 102 cm³/mol. The second kappa shape index (κ2) is 6.67. The van der Waals surface area contributed by atoms with Crippen LogP contribution in [0.4, 0.5) is 10.5 Å². The maximum absolute atomic E-state index is 13.0. The zero-order chi connectivity index (χ0) is 19.9. The Morgan fingerprint density at radius 2 is 1.86 bits per heavy atom. The van der Waals surface area contributed by atoms with Gasteiger partial charge in [-0.2, -0.15) is 0 Å². The van der Waals surface area contributed by atoms with E-state index >= 15 is 0 Å². The van der Waals surface area contributed by atoms with Crippen molar-refractivity contribution in [2.24, 2.45) is 11.7 Å². The third-order valence-corrected chi connectivity index (χ3v) is 5.74.